The molecule has 2 fully saturated rings. The van der Waals surface area contributed by atoms with E-state index in [-0.39, 0.29) is 11.9 Å². The summed E-state index contributed by atoms with van der Waals surface area (Å²) in [5, 5.41) is 17.0. The molecular weight excluding hydrogens is 280 g/mol. The molecule has 0 aromatic carbocycles. The number of nitrogens with zero attached hydrogens (tertiary/aromatic N) is 2. The first-order valence-electron chi connectivity index (χ1n) is 8.61. The number of hydrogen-bond donors (Lipinski definition) is 3. The van der Waals surface area contributed by atoms with Crippen LogP contribution in [-0.2, 0) is 4.79 Å². The highest BCUT2D eigenvalue weighted by molar-refractivity contribution is 5.80. The molecule has 0 bridgehead atoms. The molecule has 0 spiro atoms. The summed E-state index contributed by atoms with van der Waals surface area (Å²) in [5.74, 6) is 0.963. The monoisotopic (exact) mass is 310 g/mol. The van der Waals surface area contributed by atoms with E-state index in [9.17, 15) is 9.90 Å². The highest BCUT2D eigenvalue weighted by atomic mass is 16.3. The van der Waals surface area contributed by atoms with E-state index in [4.69, 9.17) is 0 Å². The summed E-state index contributed by atoms with van der Waals surface area (Å²) < 4.78 is 0. The molecule has 1 heterocycles. The summed E-state index contributed by atoms with van der Waals surface area (Å²) in [6.45, 7) is 6.72. The van der Waals surface area contributed by atoms with E-state index >= 15 is 0 Å². The standard InChI is InChI=1S/C16H30N4O2/c1-3-14(21)20-10-7-13(11-20)19-15(17-4-2)18-12-16(22)8-5-6-9-16/h13,22H,3-12H2,1-2H3,(H2,17,18,19). The first-order valence-corrected chi connectivity index (χ1v) is 8.61. The van der Waals surface area contributed by atoms with Crippen LogP contribution < -0.4 is 10.6 Å². The van der Waals surface area contributed by atoms with Crippen molar-refractivity contribution in [3.8, 4) is 0 Å². The number of carbonyl (C=O) groups is 1. The van der Waals surface area contributed by atoms with Crippen molar-refractivity contribution in [1.82, 2.24) is 15.5 Å². The molecule has 1 saturated heterocycles. The molecule has 1 atom stereocenters. The lowest BCUT2D eigenvalue weighted by Gasteiger charge is -2.22. The van der Waals surface area contributed by atoms with Gasteiger partial charge < -0.3 is 20.6 Å². The molecule has 6 nitrogen and oxygen atoms in total. The van der Waals surface area contributed by atoms with Crippen LogP contribution in [0.1, 0.15) is 52.4 Å². The highest BCUT2D eigenvalue weighted by Gasteiger charge is 2.31. The van der Waals surface area contributed by atoms with E-state index in [1.165, 1.54) is 0 Å². The van der Waals surface area contributed by atoms with E-state index < -0.39 is 5.60 Å². The molecule has 2 aliphatic rings. The zero-order valence-corrected chi connectivity index (χ0v) is 13.9. The molecule has 3 N–H and O–H groups in total. The maximum absolute atomic E-state index is 11.7. The first kappa shape index (κ1) is 17.1. The zero-order valence-electron chi connectivity index (χ0n) is 13.9. The average Bonchev–Trinajstić information content (AvgIpc) is 3.14. The van der Waals surface area contributed by atoms with Crippen LogP contribution in [0.3, 0.4) is 0 Å². The molecule has 1 saturated carbocycles. The van der Waals surface area contributed by atoms with E-state index in [1.54, 1.807) is 0 Å². The number of guanidine groups is 1. The van der Waals surface area contributed by atoms with E-state index in [2.05, 4.69) is 15.6 Å². The van der Waals surface area contributed by atoms with Gasteiger partial charge in [0.15, 0.2) is 5.96 Å². The number of aliphatic imine (C=N–C) groups is 1. The second-order valence-corrected chi connectivity index (χ2v) is 6.45. The topological polar surface area (TPSA) is 77.0 Å². The van der Waals surface area contributed by atoms with Gasteiger partial charge in [-0.2, -0.15) is 0 Å². The zero-order chi connectivity index (χ0) is 16.0. The van der Waals surface area contributed by atoms with Crippen molar-refractivity contribution in [3.05, 3.63) is 0 Å². The first-order chi connectivity index (χ1) is 10.6. The number of aliphatic hydroxyl groups is 1. The maximum atomic E-state index is 11.7. The SMILES string of the molecule is CCNC(=NCC1(O)CCCC1)NC1CCN(C(=O)CC)C1. The molecule has 22 heavy (non-hydrogen) atoms. The van der Waals surface area contributed by atoms with Gasteiger partial charge >= 0.3 is 0 Å². The Labute approximate surface area is 133 Å². The smallest absolute Gasteiger partial charge is 0.222 e. The van der Waals surface area contributed by atoms with Crippen LogP contribution >= 0.6 is 0 Å². The van der Waals surface area contributed by atoms with Gasteiger partial charge in [-0.3, -0.25) is 9.79 Å². The van der Waals surface area contributed by atoms with Gasteiger partial charge in [0.25, 0.3) is 0 Å². The fraction of sp³-hybridized carbons (Fsp3) is 0.875. The van der Waals surface area contributed by atoms with Crippen molar-refractivity contribution in [3.63, 3.8) is 0 Å². The Hall–Kier alpha value is -1.30. The van der Waals surface area contributed by atoms with Gasteiger partial charge in [-0.1, -0.05) is 19.8 Å². The lowest BCUT2D eigenvalue weighted by Crippen LogP contribution is -2.45. The largest absolute Gasteiger partial charge is 0.388 e. The predicted octanol–water partition coefficient (Wildman–Crippen LogP) is 0.857. The summed E-state index contributed by atoms with van der Waals surface area (Å²) >= 11 is 0. The van der Waals surface area contributed by atoms with Crippen LogP contribution in [0.25, 0.3) is 0 Å². The van der Waals surface area contributed by atoms with Gasteiger partial charge in [-0.25, -0.2) is 0 Å². The fourth-order valence-electron chi connectivity index (χ4n) is 3.26. The average molecular weight is 310 g/mol. The second-order valence-electron chi connectivity index (χ2n) is 6.45. The number of hydrogen-bond acceptors (Lipinski definition) is 3. The summed E-state index contributed by atoms with van der Waals surface area (Å²) in [7, 11) is 0. The van der Waals surface area contributed by atoms with Crippen LogP contribution in [0.2, 0.25) is 0 Å². The Morgan fingerprint density at radius 2 is 2.09 bits per heavy atom. The van der Waals surface area contributed by atoms with Crippen LogP contribution in [-0.4, -0.2) is 59.7 Å². The van der Waals surface area contributed by atoms with Gasteiger partial charge in [0.1, 0.15) is 0 Å². The van der Waals surface area contributed by atoms with E-state index in [1.807, 2.05) is 18.7 Å². The van der Waals surface area contributed by atoms with Crippen LogP contribution in [0.4, 0.5) is 0 Å². The molecule has 126 valence electrons. The molecule has 2 rings (SSSR count). The summed E-state index contributed by atoms with van der Waals surface area (Å²) in [4.78, 5) is 18.2. The third-order valence-corrected chi connectivity index (χ3v) is 4.59. The van der Waals surface area contributed by atoms with Crippen molar-refractivity contribution in [2.45, 2.75) is 64.0 Å². The van der Waals surface area contributed by atoms with Gasteiger partial charge in [0.05, 0.1) is 12.1 Å². The lowest BCUT2D eigenvalue weighted by molar-refractivity contribution is -0.129. The van der Waals surface area contributed by atoms with Crippen LogP contribution in [0, 0.1) is 0 Å². The quantitative estimate of drug-likeness (QED) is 0.520. The predicted molar refractivity (Wildman–Crippen MR) is 87.8 cm³/mol. The summed E-state index contributed by atoms with van der Waals surface area (Å²) in [6.07, 6.45) is 5.38. The fourth-order valence-corrected chi connectivity index (χ4v) is 3.26. The normalized spacial score (nSPS) is 24.6. The summed E-state index contributed by atoms with van der Waals surface area (Å²) in [5.41, 5.74) is -0.623. The minimum atomic E-state index is -0.623. The number of likely N-dealkylation sites (tertiary alicyclic amines) is 1. The third kappa shape index (κ3) is 4.60. The van der Waals surface area contributed by atoms with Crippen molar-refractivity contribution in [2.24, 2.45) is 4.99 Å². The highest BCUT2D eigenvalue weighted by Crippen LogP contribution is 2.29. The number of carbonyl (C=O) groups excluding carboxylic acids is 1. The second kappa shape index (κ2) is 7.81. The molecular formula is C16H30N4O2. The molecule has 0 radical (unpaired) electrons. The van der Waals surface area contributed by atoms with Gasteiger partial charge in [0, 0.05) is 32.1 Å². The van der Waals surface area contributed by atoms with E-state index in [0.717, 1.165) is 57.7 Å². The minimum absolute atomic E-state index is 0.214. The van der Waals surface area contributed by atoms with Crippen molar-refractivity contribution in [2.75, 3.05) is 26.2 Å². The van der Waals surface area contributed by atoms with Crippen LogP contribution in [0.15, 0.2) is 4.99 Å². The Bertz CT molecular complexity index is 405. The van der Waals surface area contributed by atoms with Crippen molar-refractivity contribution < 1.29 is 9.90 Å². The van der Waals surface area contributed by atoms with Crippen molar-refractivity contribution in [1.29, 1.82) is 0 Å². The molecule has 1 amide bonds. The molecule has 6 heteroatoms. The minimum Gasteiger partial charge on any atom is -0.388 e. The maximum Gasteiger partial charge on any atom is 0.222 e. The molecule has 1 aliphatic carbocycles. The Morgan fingerprint density at radius 3 is 2.73 bits per heavy atom. The molecule has 1 unspecified atom stereocenters. The van der Waals surface area contributed by atoms with E-state index in [0.29, 0.717) is 13.0 Å². The van der Waals surface area contributed by atoms with Gasteiger partial charge in [-0.15, -0.1) is 0 Å². The van der Waals surface area contributed by atoms with Crippen molar-refractivity contribution >= 4 is 11.9 Å². The number of amides is 1. The Balaban J connectivity index is 1.87. The molecule has 1 aliphatic heterocycles. The van der Waals surface area contributed by atoms with Gasteiger partial charge in [-0.05, 0) is 26.2 Å². The molecule has 0 aromatic rings. The van der Waals surface area contributed by atoms with Gasteiger partial charge in [0.2, 0.25) is 5.91 Å². The third-order valence-electron chi connectivity index (χ3n) is 4.59. The number of nitrogens with one attached hydrogen (secondary N) is 2. The molecule has 0 aromatic heterocycles. The Kier molecular flexibility index (Phi) is 6.06. The Morgan fingerprint density at radius 1 is 1.36 bits per heavy atom. The number of rotatable bonds is 5. The summed E-state index contributed by atoms with van der Waals surface area (Å²) in [6, 6.07) is 0.242. The lowest BCUT2D eigenvalue weighted by atomic mass is 10.0. The van der Waals surface area contributed by atoms with Crippen LogP contribution in [0.5, 0.6) is 0 Å².